The third-order valence-corrected chi connectivity index (χ3v) is 4.73. The van der Waals surface area contributed by atoms with Gasteiger partial charge in [-0.2, -0.15) is 0 Å². The summed E-state index contributed by atoms with van der Waals surface area (Å²) in [5.74, 6) is 0.562. The van der Waals surface area contributed by atoms with Crippen LogP contribution < -0.4 is 14.8 Å². The number of carbonyl (C=O) groups excluding carboxylic acids is 1. The van der Waals surface area contributed by atoms with Crippen LogP contribution in [-0.4, -0.2) is 19.1 Å². The Morgan fingerprint density at radius 2 is 1.37 bits per heavy atom. The molecule has 0 saturated heterocycles. The van der Waals surface area contributed by atoms with Crippen molar-refractivity contribution >= 4 is 23.2 Å². The first-order chi connectivity index (χ1) is 13.2. The van der Waals surface area contributed by atoms with Gasteiger partial charge in [0.2, 0.25) is 5.91 Å². The molecule has 0 unspecified atom stereocenters. The van der Waals surface area contributed by atoms with Gasteiger partial charge in [-0.1, -0.05) is 72.3 Å². The normalized spacial score (nSPS) is 12.7. The zero-order chi connectivity index (χ0) is 18.6. The molecule has 0 bridgehead atoms. The molecule has 27 heavy (non-hydrogen) atoms. The molecule has 1 amide bonds. The van der Waals surface area contributed by atoms with E-state index in [4.69, 9.17) is 21.1 Å². The van der Waals surface area contributed by atoms with Crippen molar-refractivity contribution in [1.82, 2.24) is 0 Å². The van der Waals surface area contributed by atoms with Crippen molar-refractivity contribution in [3.05, 3.63) is 88.9 Å². The third kappa shape index (κ3) is 3.76. The van der Waals surface area contributed by atoms with Crippen molar-refractivity contribution < 1.29 is 14.3 Å². The minimum atomic E-state index is -0.448. The number of fused-ring (bicyclic) bond motifs is 1. The van der Waals surface area contributed by atoms with Crippen molar-refractivity contribution in [1.29, 1.82) is 0 Å². The number of benzene rings is 3. The highest BCUT2D eigenvalue weighted by Gasteiger charge is 2.24. The molecule has 0 fully saturated rings. The summed E-state index contributed by atoms with van der Waals surface area (Å²) in [5, 5.41) is 3.36. The number of nitrogens with one attached hydrogen (secondary N) is 1. The van der Waals surface area contributed by atoms with Crippen LogP contribution in [0.1, 0.15) is 17.0 Å². The van der Waals surface area contributed by atoms with E-state index in [2.05, 4.69) is 5.32 Å². The molecule has 136 valence electrons. The van der Waals surface area contributed by atoms with Gasteiger partial charge in [0.25, 0.3) is 0 Å². The van der Waals surface area contributed by atoms with Gasteiger partial charge in [0.1, 0.15) is 13.2 Å². The van der Waals surface area contributed by atoms with Crippen LogP contribution in [0.15, 0.2) is 72.8 Å². The standard InChI is InChI=1S/C22H18ClNO3/c23-17-13-19-20(27-12-11-26-19)14-18(17)24-22(25)21(15-7-3-1-4-8-15)16-9-5-2-6-10-16/h1-10,13-14,21H,11-12H2,(H,24,25). The van der Waals surface area contributed by atoms with Gasteiger partial charge in [-0.15, -0.1) is 0 Å². The summed E-state index contributed by atoms with van der Waals surface area (Å²) in [5.41, 5.74) is 2.33. The Morgan fingerprint density at radius 3 is 1.93 bits per heavy atom. The quantitative estimate of drug-likeness (QED) is 0.702. The molecule has 4 rings (SSSR count). The Hall–Kier alpha value is -2.98. The van der Waals surface area contributed by atoms with Crippen molar-refractivity contribution in [2.45, 2.75) is 5.92 Å². The Morgan fingerprint density at radius 1 is 0.852 bits per heavy atom. The monoisotopic (exact) mass is 379 g/mol. The van der Waals surface area contributed by atoms with Crippen molar-refractivity contribution in [2.75, 3.05) is 18.5 Å². The van der Waals surface area contributed by atoms with E-state index in [1.165, 1.54) is 0 Å². The van der Waals surface area contributed by atoms with E-state index < -0.39 is 5.92 Å². The molecule has 0 atom stereocenters. The van der Waals surface area contributed by atoms with E-state index in [0.29, 0.717) is 35.4 Å². The van der Waals surface area contributed by atoms with E-state index in [1.807, 2.05) is 60.7 Å². The molecule has 1 aliphatic heterocycles. The molecule has 0 aliphatic carbocycles. The Kier molecular flexibility index (Phi) is 4.99. The summed E-state index contributed by atoms with van der Waals surface area (Å²) in [4.78, 5) is 13.2. The van der Waals surface area contributed by atoms with E-state index in [0.717, 1.165) is 11.1 Å². The molecule has 4 nitrogen and oxygen atoms in total. The summed E-state index contributed by atoms with van der Waals surface area (Å²) >= 11 is 6.35. The Balaban J connectivity index is 1.67. The zero-order valence-electron chi connectivity index (χ0n) is 14.5. The Labute approximate surface area is 162 Å². The number of rotatable bonds is 4. The van der Waals surface area contributed by atoms with Crippen LogP contribution in [0.3, 0.4) is 0 Å². The maximum Gasteiger partial charge on any atom is 0.236 e. The van der Waals surface area contributed by atoms with Crippen molar-refractivity contribution in [2.24, 2.45) is 0 Å². The average molecular weight is 380 g/mol. The maximum atomic E-state index is 13.2. The van der Waals surface area contributed by atoms with Gasteiger partial charge in [0.15, 0.2) is 11.5 Å². The highest BCUT2D eigenvalue weighted by atomic mass is 35.5. The van der Waals surface area contributed by atoms with Crippen LogP contribution in [0.2, 0.25) is 5.02 Å². The zero-order valence-corrected chi connectivity index (χ0v) is 15.3. The molecule has 0 spiro atoms. The molecule has 0 saturated carbocycles. The van der Waals surface area contributed by atoms with Crippen LogP contribution in [0.4, 0.5) is 5.69 Å². The second kappa shape index (κ2) is 7.72. The number of ether oxygens (including phenoxy) is 2. The van der Waals surface area contributed by atoms with Crippen LogP contribution in [-0.2, 0) is 4.79 Å². The number of hydrogen-bond donors (Lipinski definition) is 1. The van der Waals surface area contributed by atoms with Crippen LogP contribution in [0.5, 0.6) is 11.5 Å². The van der Waals surface area contributed by atoms with Gasteiger partial charge < -0.3 is 14.8 Å². The van der Waals surface area contributed by atoms with Crippen LogP contribution >= 0.6 is 11.6 Å². The second-order valence-corrected chi connectivity index (χ2v) is 6.63. The van der Waals surface area contributed by atoms with Gasteiger partial charge in [-0.25, -0.2) is 0 Å². The molecule has 3 aromatic rings. The molecular weight excluding hydrogens is 362 g/mol. The predicted octanol–water partition coefficient (Wildman–Crippen LogP) is 4.88. The fourth-order valence-corrected chi connectivity index (χ4v) is 3.35. The van der Waals surface area contributed by atoms with Gasteiger partial charge in [-0.3, -0.25) is 4.79 Å². The second-order valence-electron chi connectivity index (χ2n) is 6.22. The highest BCUT2D eigenvalue weighted by molar-refractivity contribution is 6.34. The lowest BCUT2D eigenvalue weighted by Gasteiger charge is -2.21. The smallest absolute Gasteiger partial charge is 0.236 e. The fraction of sp³-hybridized carbons (Fsp3) is 0.136. The molecular formula is C22H18ClNO3. The molecule has 0 radical (unpaired) electrons. The third-order valence-electron chi connectivity index (χ3n) is 4.42. The number of carbonyl (C=O) groups is 1. The van der Waals surface area contributed by atoms with E-state index in [1.54, 1.807) is 12.1 Å². The van der Waals surface area contributed by atoms with Gasteiger partial charge >= 0.3 is 0 Å². The van der Waals surface area contributed by atoms with Crippen LogP contribution in [0.25, 0.3) is 0 Å². The lowest BCUT2D eigenvalue weighted by atomic mass is 9.90. The van der Waals surface area contributed by atoms with Crippen molar-refractivity contribution in [3.63, 3.8) is 0 Å². The largest absolute Gasteiger partial charge is 0.486 e. The molecule has 1 heterocycles. The minimum Gasteiger partial charge on any atom is -0.486 e. The first-order valence-corrected chi connectivity index (χ1v) is 9.10. The lowest BCUT2D eigenvalue weighted by Crippen LogP contribution is -2.23. The van der Waals surface area contributed by atoms with Crippen molar-refractivity contribution in [3.8, 4) is 11.5 Å². The lowest BCUT2D eigenvalue weighted by molar-refractivity contribution is -0.116. The molecule has 0 aromatic heterocycles. The number of amides is 1. The highest BCUT2D eigenvalue weighted by Crippen LogP contribution is 2.38. The molecule has 1 N–H and O–H groups in total. The van der Waals surface area contributed by atoms with E-state index >= 15 is 0 Å². The number of halogens is 1. The molecule has 3 aromatic carbocycles. The maximum absolute atomic E-state index is 13.2. The average Bonchev–Trinajstić information content (AvgIpc) is 2.70. The fourth-order valence-electron chi connectivity index (χ4n) is 3.15. The summed E-state index contributed by atoms with van der Waals surface area (Å²) in [7, 11) is 0. The summed E-state index contributed by atoms with van der Waals surface area (Å²) < 4.78 is 11.1. The van der Waals surface area contributed by atoms with Gasteiger partial charge in [0.05, 0.1) is 16.6 Å². The summed E-state index contributed by atoms with van der Waals surface area (Å²) in [6.45, 7) is 0.956. The van der Waals surface area contributed by atoms with Gasteiger partial charge in [0, 0.05) is 12.1 Å². The van der Waals surface area contributed by atoms with E-state index in [9.17, 15) is 4.79 Å². The summed E-state index contributed by atoms with van der Waals surface area (Å²) in [6.07, 6.45) is 0. The molecule has 5 heteroatoms. The minimum absolute atomic E-state index is 0.161. The first kappa shape index (κ1) is 17.4. The van der Waals surface area contributed by atoms with Crippen LogP contribution in [0, 0.1) is 0 Å². The summed E-state index contributed by atoms with van der Waals surface area (Å²) in [6, 6.07) is 22.7. The van der Waals surface area contributed by atoms with Gasteiger partial charge in [-0.05, 0) is 11.1 Å². The number of anilines is 1. The predicted molar refractivity (Wildman–Crippen MR) is 106 cm³/mol. The Bertz CT molecular complexity index is 905. The number of hydrogen-bond acceptors (Lipinski definition) is 3. The van der Waals surface area contributed by atoms with E-state index in [-0.39, 0.29) is 5.91 Å². The first-order valence-electron chi connectivity index (χ1n) is 8.72. The topological polar surface area (TPSA) is 47.6 Å². The molecule has 1 aliphatic rings. The SMILES string of the molecule is O=C(Nc1cc2c(cc1Cl)OCCO2)C(c1ccccc1)c1ccccc1.